The molecule has 1 atom stereocenters. The van der Waals surface area contributed by atoms with Crippen molar-refractivity contribution in [3.8, 4) is 0 Å². The second kappa shape index (κ2) is 6.12. The number of hydrogen-bond acceptors (Lipinski definition) is 1. The van der Waals surface area contributed by atoms with Crippen LogP contribution in [0, 0.1) is 5.92 Å². The molecule has 0 radical (unpaired) electrons. The van der Waals surface area contributed by atoms with Gasteiger partial charge in [0.25, 0.3) is 0 Å². The van der Waals surface area contributed by atoms with Gasteiger partial charge < -0.3 is 4.74 Å². The lowest BCUT2D eigenvalue weighted by Gasteiger charge is -2.27. The molecule has 0 spiro atoms. The molecule has 2 aliphatic rings. The van der Waals surface area contributed by atoms with Gasteiger partial charge in [0.1, 0.15) is 6.61 Å². The van der Waals surface area contributed by atoms with E-state index in [0.29, 0.717) is 0 Å². The molecule has 0 bridgehead atoms. The molecule has 1 heteroatoms. The summed E-state index contributed by atoms with van der Waals surface area (Å²) >= 11 is 0. The predicted molar refractivity (Wildman–Crippen MR) is 68.2 cm³/mol. The van der Waals surface area contributed by atoms with Gasteiger partial charge >= 0.3 is 0 Å². The first-order chi connectivity index (χ1) is 7.90. The van der Waals surface area contributed by atoms with Gasteiger partial charge in [-0.3, -0.25) is 0 Å². The summed E-state index contributed by atoms with van der Waals surface area (Å²) in [4.78, 5) is 0. The fourth-order valence-corrected chi connectivity index (χ4v) is 2.83. The van der Waals surface area contributed by atoms with Gasteiger partial charge in [0.2, 0.25) is 0 Å². The van der Waals surface area contributed by atoms with Crippen LogP contribution in [0.1, 0.15) is 58.3 Å². The average Bonchev–Trinajstić information content (AvgIpc) is 2.34. The Labute approximate surface area is 99.6 Å². The van der Waals surface area contributed by atoms with Gasteiger partial charge in [0, 0.05) is 0 Å². The van der Waals surface area contributed by atoms with Gasteiger partial charge in [0.05, 0.1) is 6.26 Å². The van der Waals surface area contributed by atoms with E-state index in [1.54, 1.807) is 11.1 Å². The maximum atomic E-state index is 5.35. The monoisotopic (exact) mass is 220 g/mol. The third-order valence-corrected chi connectivity index (χ3v) is 3.91. The van der Waals surface area contributed by atoms with Crippen molar-refractivity contribution in [2.45, 2.75) is 58.3 Å². The standard InChI is InChI=1S/C15H24O/c1-2-3-4-5-6-13-7-8-15-12-16-10-9-14(15)11-13/h9-10,13H,2-8,11-12H2,1H3. The van der Waals surface area contributed by atoms with Crippen LogP contribution in [0.25, 0.3) is 0 Å². The first-order valence-electron chi connectivity index (χ1n) is 6.89. The molecule has 0 fully saturated rings. The van der Waals surface area contributed by atoms with Crippen molar-refractivity contribution in [3.05, 3.63) is 23.5 Å². The SMILES string of the molecule is CCCCCCC1CCC2=C(C=COC2)C1. The van der Waals surface area contributed by atoms with E-state index in [-0.39, 0.29) is 0 Å². The van der Waals surface area contributed by atoms with E-state index in [2.05, 4.69) is 13.0 Å². The molecule has 0 aromatic heterocycles. The highest BCUT2D eigenvalue weighted by Crippen LogP contribution is 2.34. The van der Waals surface area contributed by atoms with E-state index in [1.807, 2.05) is 6.26 Å². The fraction of sp³-hybridized carbons (Fsp3) is 0.733. The number of ether oxygens (including phenoxy) is 1. The zero-order valence-electron chi connectivity index (χ0n) is 10.5. The summed E-state index contributed by atoms with van der Waals surface area (Å²) < 4.78 is 5.35. The smallest absolute Gasteiger partial charge is 0.109 e. The van der Waals surface area contributed by atoms with Crippen molar-refractivity contribution in [1.29, 1.82) is 0 Å². The predicted octanol–water partition coefficient (Wildman–Crippen LogP) is 4.60. The molecule has 0 aromatic rings. The quantitative estimate of drug-likeness (QED) is 0.615. The van der Waals surface area contributed by atoms with E-state index in [9.17, 15) is 0 Å². The average molecular weight is 220 g/mol. The summed E-state index contributed by atoms with van der Waals surface area (Å²) in [5.41, 5.74) is 3.14. The largest absolute Gasteiger partial charge is 0.497 e. The minimum absolute atomic E-state index is 0.856. The summed E-state index contributed by atoms with van der Waals surface area (Å²) in [7, 11) is 0. The lowest BCUT2D eigenvalue weighted by Crippen LogP contribution is -2.14. The molecule has 90 valence electrons. The van der Waals surface area contributed by atoms with Crippen molar-refractivity contribution in [2.24, 2.45) is 5.92 Å². The number of unbranched alkanes of at least 4 members (excludes halogenated alkanes) is 3. The minimum Gasteiger partial charge on any atom is -0.497 e. The van der Waals surface area contributed by atoms with Crippen LogP contribution in [0.5, 0.6) is 0 Å². The molecular formula is C15H24O. The minimum atomic E-state index is 0.856. The van der Waals surface area contributed by atoms with Crippen LogP contribution < -0.4 is 0 Å². The summed E-state index contributed by atoms with van der Waals surface area (Å²) in [5.74, 6) is 0.943. The Morgan fingerprint density at radius 1 is 1.31 bits per heavy atom. The molecule has 0 saturated carbocycles. The Hall–Kier alpha value is -0.720. The van der Waals surface area contributed by atoms with Crippen molar-refractivity contribution in [1.82, 2.24) is 0 Å². The zero-order chi connectivity index (χ0) is 11.2. The lowest BCUT2D eigenvalue weighted by atomic mass is 9.81. The second-order valence-corrected chi connectivity index (χ2v) is 5.20. The van der Waals surface area contributed by atoms with Crippen LogP contribution in [0.3, 0.4) is 0 Å². The molecule has 0 N–H and O–H groups in total. The summed E-state index contributed by atoms with van der Waals surface area (Å²) in [6.45, 7) is 3.14. The molecule has 1 nitrogen and oxygen atoms in total. The Balaban J connectivity index is 1.74. The van der Waals surface area contributed by atoms with Crippen LogP contribution in [-0.2, 0) is 4.74 Å². The van der Waals surface area contributed by atoms with Crippen molar-refractivity contribution < 1.29 is 4.74 Å². The molecule has 0 aromatic carbocycles. The zero-order valence-corrected chi connectivity index (χ0v) is 10.5. The van der Waals surface area contributed by atoms with Crippen LogP contribution in [-0.4, -0.2) is 6.61 Å². The maximum absolute atomic E-state index is 5.35. The second-order valence-electron chi connectivity index (χ2n) is 5.20. The van der Waals surface area contributed by atoms with Crippen molar-refractivity contribution >= 4 is 0 Å². The topological polar surface area (TPSA) is 9.23 Å². The molecule has 1 heterocycles. The van der Waals surface area contributed by atoms with E-state index in [0.717, 1.165) is 12.5 Å². The Bertz CT molecular complexity index is 275. The van der Waals surface area contributed by atoms with Gasteiger partial charge in [-0.1, -0.05) is 39.0 Å². The Morgan fingerprint density at radius 3 is 3.12 bits per heavy atom. The normalized spacial score (nSPS) is 24.2. The number of hydrogen-bond donors (Lipinski definition) is 0. The molecule has 1 aliphatic carbocycles. The van der Waals surface area contributed by atoms with Gasteiger partial charge in [-0.15, -0.1) is 0 Å². The lowest BCUT2D eigenvalue weighted by molar-refractivity contribution is 0.258. The Morgan fingerprint density at radius 2 is 2.25 bits per heavy atom. The highest BCUT2D eigenvalue weighted by molar-refractivity contribution is 5.30. The van der Waals surface area contributed by atoms with Gasteiger partial charge in [0.15, 0.2) is 0 Å². The summed E-state index contributed by atoms with van der Waals surface area (Å²) in [5, 5.41) is 0. The van der Waals surface area contributed by atoms with E-state index >= 15 is 0 Å². The summed E-state index contributed by atoms with van der Waals surface area (Å²) in [6, 6.07) is 0. The first-order valence-corrected chi connectivity index (χ1v) is 6.89. The van der Waals surface area contributed by atoms with Crippen LogP contribution in [0.2, 0.25) is 0 Å². The molecule has 2 rings (SSSR count). The first kappa shape index (κ1) is 11.8. The Kier molecular flexibility index (Phi) is 4.50. The number of allylic oxidation sites excluding steroid dienone is 2. The third-order valence-electron chi connectivity index (χ3n) is 3.91. The molecule has 16 heavy (non-hydrogen) atoms. The van der Waals surface area contributed by atoms with Crippen LogP contribution in [0.15, 0.2) is 23.5 Å². The van der Waals surface area contributed by atoms with Gasteiger partial charge in [-0.05, 0) is 42.4 Å². The molecule has 1 aliphatic heterocycles. The fourth-order valence-electron chi connectivity index (χ4n) is 2.83. The van der Waals surface area contributed by atoms with E-state index < -0.39 is 0 Å². The third kappa shape index (κ3) is 3.13. The summed E-state index contributed by atoms with van der Waals surface area (Å²) in [6.07, 6.45) is 15.1. The van der Waals surface area contributed by atoms with Crippen LogP contribution >= 0.6 is 0 Å². The van der Waals surface area contributed by atoms with Crippen molar-refractivity contribution in [2.75, 3.05) is 6.61 Å². The molecule has 1 unspecified atom stereocenters. The van der Waals surface area contributed by atoms with Crippen molar-refractivity contribution in [3.63, 3.8) is 0 Å². The number of rotatable bonds is 5. The van der Waals surface area contributed by atoms with E-state index in [4.69, 9.17) is 4.74 Å². The highest BCUT2D eigenvalue weighted by atomic mass is 16.5. The van der Waals surface area contributed by atoms with Crippen LogP contribution in [0.4, 0.5) is 0 Å². The van der Waals surface area contributed by atoms with Gasteiger partial charge in [-0.25, -0.2) is 0 Å². The van der Waals surface area contributed by atoms with Gasteiger partial charge in [-0.2, -0.15) is 0 Å². The molecule has 0 amide bonds. The highest BCUT2D eigenvalue weighted by Gasteiger charge is 2.20. The van der Waals surface area contributed by atoms with E-state index in [1.165, 1.54) is 51.4 Å². The molecular weight excluding hydrogens is 196 g/mol. The maximum Gasteiger partial charge on any atom is 0.109 e. The molecule has 0 saturated heterocycles.